The van der Waals surface area contributed by atoms with Crippen molar-refractivity contribution >= 4 is 93.9 Å². The molecule has 0 aliphatic heterocycles. The summed E-state index contributed by atoms with van der Waals surface area (Å²) in [4.78, 5) is 9.69. The molecule has 0 spiro atoms. The van der Waals surface area contributed by atoms with E-state index in [1.807, 2.05) is 42.7 Å². The predicted octanol–water partition coefficient (Wildman–Crippen LogP) is 21.0. The van der Waals surface area contributed by atoms with Crippen molar-refractivity contribution in [3.8, 4) is 44.6 Å². The van der Waals surface area contributed by atoms with Gasteiger partial charge in [-0.05, 0) is 233 Å². The minimum Gasteiger partial charge on any atom is -0.454 e. The highest BCUT2D eigenvalue weighted by Gasteiger charge is 2.20. The molecule has 0 unspecified atom stereocenters. The average Bonchev–Trinajstić information content (AvgIpc) is 1.47. The number of hydrogen-bond donors (Lipinski definition) is 0. The first kappa shape index (κ1) is 52.8. The summed E-state index contributed by atoms with van der Waals surface area (Å²) in [5, 5.41) is 14.7. The number of furan rings is 1. The Bertz CT molecular complexity index is 5140. The molecule has 3 nitrogen and oxygen atoms in total. The second-order valence-electron chi connectivity index (χ2n) is 22.9. The smallest absolute Gasteiger partial charge is 0.161 e. The number of aryl methyl sites for hydroxylation is 1. The summed E-state index contributed by atoms with van der Waals surface area (Å²) in [5.41, 5.74) is 22.3. The van der Waals surface area contributed by atoms with Gasteiger partial charge in [-0.1, -0.05) is 201 Å². The molecule has 3 heterocycles. The van der Waals surface area contributed by atoms with Gasteiger partial charge in [-0.25, -0.2) is 0 Å². The first-order valence-corrected chi connectivity index (χ1v) is 29.7. The van der Waals surface area contributed by atoms with Gasteiger partial charge >= 0.3 is 0 Å². The van der Waals surface area contributed by atoms with Gasteiger partial charge in [0, 0.05) is 28.7 Å². The Morgan fingerprint density at radius 2 is 1.13 bits per heavy atom. The number of fused-ring (bicyclic) bond motifs is 8. The molecule has 0 radical (unpaired) electrons. The molecule has 10 aromatic carbocycles. The maximum absolute atomic E-state index is 6.42. The lowest BCUT2D eigenvalue weighted by atomic mass is 9.84. The number of hydrogen-bond acceptors (Lipinski definition) is 3. The molecular formula is C82H64N2O. The van der Waals surface area contributed by atoms with Crippen LogP contribution in [0, 0.1) is 6.92 Å². The van der Waals surface area contributed by atoms with Crippen molar-refractivity contribution in [2.75, 3.05) is 0 Å². The molecule has 0 saturated heterocycles. The Hall–Kier alpha value is -10.2. The molecule has 1 aliphatic carbocycles. The Kier molecular flexibility index (Phi) is 13.8. The molecule has 408 valence electrons. The Labute approximate surface area is 497 Å². The Morgan fingerprint density at radius 3 is 1.88 bits per heavy atom. The van der Waals surface area contributed by atoms with Crippen molar-refractivity contribution in [3.63, 3.8) is 0 Å². The van der Waals surface area contributed by atoms with E-state index in [2.05, 4.69) is 241 Å². The van der Waals surface area contributed by atoms with Crippen molar-refractivity contribution in [1.82, 2.24) is 9.97 Å². The number of nitrogens with zero attached hydrogens (tertiary/aromatic N) is 2. The lowest BCUT2D eigenvalue weighted by Gasteiger charge is -2.19. The van der Waals surface area contributed by atoms with Crippen LogP contribution in [0.3, 0.4) is 0 Å². The fourth-order valence-corrected chi connectivity index (χ4v) is 13.4. The molecule has 0 atom stereocenters. The second-order valence-corrected chi connectivity index (χ2v) is 22.9. The van der Waals surface area contributed by atoms with E-state index in [1.54, 1.807) is 0 Å². The summed E-state index contributed by atoms with van der Waals surface area (Å²) in [5.74, 6) is 0. The number of rotatable bonds is 13. The zero-order valence-electron chi connectivity index (χ0n) is 48.6. The van der Waals surface area contributed by atoms with Gasteiger partial charge in [0.15, 0.2) is 5.58 Å². The van der Waals surface area contributed by atoms with Gasteiger partial charge in [-0.3, -0.25) is 9.97 Å². The third-order valence-electron chi connectivity index (χ3n) is 17.6. The van der Waals surface area contributed by atoms with Crippen LogP contribution in [0.25, 0.3) is 139 Å². The number of benzene rings is 10. The van der Waals surface area contributed by atoms with Crippen LogP contribution < -0.4 is 10.4 Å². The van der Waals surface area contributed by atoms with E-state index >= 15 is 0 Å². The number of aromatic nitrogens is 2. The molecule has 0 saturated carbocycles. The fraction of sp³-hybridized carbons (Fsp3) is 0.0976. The molecule has 13 aromatic rings. The highest BCUT2D eigenvalue weighted by molar-refractivity contribution is 6.10. The number of allylic oxidation sites excluding steroid dienone is 8. The Morgan fingerprint density at radius 1 is 0.529 bits per heavy atom. The van der Waals surface area contributed by atoms with Crippen molar-refractivity contribution in [3.05, 3.63) is 294 Å². The van der Waals surface area contributed by atoms with Crippen LogP contribution in [0.5, 0.6) is 0 Å². The van der Waals surface area contributed by atoms with Crippen LogP contribution in [0.15, 0.2) is 260 Å². The van der Waals surface area contributed by atoms with Gasteiger partial charge in [0.2, 0.25) is 0 Å². The summed E-state index contributed by atoms with van der Waals surface area (Å²) >= 11 is 0. The van der Waals surface area contributed by atoms with Crippen molar-refractivity contribution in [2.24, 2.45) is 0 Å². The van der Waals surface area contributed by atoms with Gasteiger partial charge in [-0.15, -0.1) is 0 Å². The lowest BCUT2D eigenvalue weighted by Crippen LogP contribution is -2.31. The van der Waals surface area contributed by atoms with Gasteiger partial charge in [0.05, 0.1) is 5.69 Å². The van der Waals surface area contributed by atoms with E-state index in [0.717, 1.165) is 92.4 Å². The minimum absolute atomic E-state index is 0.814. The van der Waals surface area contributed by atoms with Crippen molar-refractivity contribution in [1.29, 1.82) is 0 Å². The van der Waals surface area contributed by atoms with Crippen LogP contribution in [0.4, 0.5) is 0 Å². The van der Waals surface area contributed by atoms with E-state index < -0.39 is 0 Å². The highest BCUT2D eigenvalue weighted by atomic mass is 16.3. The van der Waals surface area contributed by atoms with Gasteiger partial charge < -0.3 is 4.42 Å². The number of para-hydroxylation sites is 1. The van der Waals surface area contributed by atoms with Gasteiger partial charge in [0.25, 0.3) is 0 Å². The van der Waals surface area contributed by atoms with E-state index in [0.29, 0.717) is 0 Å². The van der Waals surface area contributed by atoms with Crippen molar-refractivity contribution < 1.29 is 4.42 Å². The summed E-state index contributed by atoms with van der Waals surface area (Å²) < 4.78 is 6.42. The maximum Gasteiger partial charge on any atom is 0.161 e. The van der Waals surface area contributed by atoms with Crippen molar-refractivity contribution in [2.45, 2.75) is 53.4 Å². The molecule has 85 heavy (non-hydrogen) atoms. The molecule has 3 aromatic heterocycles. The first-order valence-electron chi connectivity index (χ1n) is 29.7. The van der Waals surface area contributed by atoms with Gasteiger partial charge in [0.1, 0.15) is 11.3 Å². The average molecular weight is 1090 g/mol. The third kappa shape index (κ3) is 9.82. The fourth-order valence-electron chi connectivity index (χ4n) is 13.4. The summed E-state index contributed by atoms with van der Waals surface area (Å²) in [6.45, 7) is 17.0. The molecule has 0 bridgehead atoms. The first-order chi connectivity index (χ1) is 41.6. The summed E-state index contributed by atoms with van der Waals surface area (Å²) in [7, 11) is 0. The molecule has 0 amide bonds. The topological polar surface area (TPSA) is 38.9 Å². The minimum atomic E-state index is 0.814. The lowest BCUT2D eigenvalue weighted by molar-refractivity contribution is 0.668. The van der Waals surface area contributed by atoms with E-state index in [9.17, 15) is 0 Å². The zero-order chi connectivity index (χ0) is 57.7. The molecule has 1 aliphatic rings. The highest BCUT2D eigenvalue weighted by Crippen LogP contribution is 2.40. The van der Waals surface area contributed by atoms with E-state index in [-0.39, 0.29) is 0 Å². The van der Waals surface area contributed by atoms with Crippen LogP contribution in [-0.4, -0.2) is 9.97 Å². The summed E-state index contributed by atoms with van der Waals surface area (Å²) in [6, 6.07) is 73.6. The molecular weight excluding hydrogens is 1030 g/mol. The predicted molar refractivity (Wildman–Crippen MR) is 364 cm³/mol. The monoisotopic (exact) mass is 1090 g/mol. The second kappa shape index (κ2) is 22.2. The Balaban J connectivity index is 0.820. The molecule has 3 heteroatoms. The molecule has 0 fully saturated rings. The van der Waals surface area contributed by atoms with Crippen LogP contribution in [-0.2, 0) is 6.42 Å². The summed E-state index contributed by atoms with van der Waals surface area (Å²) in [6.07, 6.45) is 19.1. The number of pyridine rings is 2. The van der Waals surface area contributed by atoms with Crippen LogP contribution >= 0.6 is 0 Å². The zero-order valence-corrected chi connectivity index (χ0v) is 48.6. The van der Waals surface area contributed by atoms with E-state index in [1.165, 1.54) is 109 Å². The van der Waals surface area contributed by atoms with Gasteiger partial charge in [-0.2, -0.15) is 0 Å². The maximum atomic E-state index is 6.42. The standard InChI is InChI=1S/C82H64N2O/c1-7-51(2)69-41-43-83-80(55(69)6)54(5)45-53(4)77(66-36-31-57-19-8-10-21-61(57)47-66)52(3)17-16-18-56-27-28-64-49-68(38-35-63(64)46-56)79-72-25-13-12-24-71(72)78(67-37-32-58-20-9-11-22-62(58)48-67)73-40-39-65(50-75(73)79)59-29-33-60(34-30-59)81-82-74(42-44-84-81)70-23-14-15-26-76(70)85-82/h7-11,14-15,17,19-50H,1-2,12-13,16,18H2,3-6H3. The largest absolute Gasteiger partial charge is 0.454 e. The SMILES string of the molecule is C=CC(=C)c1ccnc(C(C)=CC(C)=C(C(C)=CCCc2ccc3cc(-c4c5c(c(-c6ccc7ccccc7c6)c6ccc(-c7ccc(-c8nccc9c8oc8ccccc89)cc7)cc46)=CCCC=5)ccc3c2)c2ccc3ccccc3c2)c1C. The normalized spacial score (nSPS) is 13.1. The van der Waals surface area contributed by atoms with Crippen LogP contribution in [0.2, 0.25) is 0 Å². The third-order valence-corrected chi connectivity index (χ3v) is 17.6. The molecule has 14 rings (SSSR count). The van der Waals surface area contributed by atoms with E-state index in [4.69, 9.17) is 14.4 Å². The quantitative estimate of drug-likeness (QED) is 0.108. The van der Waals surface area contributed by atoms with Crippen LogP contribution in [0.1, 0.15) is 68.0 Å². The molecule has 0 N–H and O–H groups in total.